The molecule has 0 radical (unpaired) electrons. The van der Waals surface area contributed by atoms with Gasteiger partial charge in [-0.25, -0.2) is 0 Å². The number of hydrogen-bond acceptors (Lipinski definition) is 1. The molecule has 1 aromatic rings. The first kappa shape index (κ1) is 12.7. The zero-order chi connectivity index (χ0) is 13.5. The molecule has 0 aromatic heterocycles. The van der Waals surface area contributed by atoms with E-state index < -0.39 is 0 Å². The van der Waals surface area contributed by atoms with Crippen LogP contribution in [0.25, 0.3) is 5.57 Å². The molecule has 1 fully saturated rings. The fourth-order valence-electron chi connectivity index (χ4n) is 4.32. The van der Waals surface area contributed by atoms with Crippen LogP contribution in [0.15, 0.2) is 29.8 Å². The summed E-state index contributed by atoms with van der Waals surface area (Å²) in [6.07, 6.45) is 5.87. The molecule has 1 heteroatoms. The summed E-state index contributed by atoms with van der Waals surface area (Å²) in [6, 6.07) is 8.76. The van der Waals surface area contributed by atoms with Crippen molar-refractivity contribution in [2.24, 2.45) is 0 Å². The quantitative estimate of drug-likeness (QED) is 0.750. The minimum atomic E-state index is 0.0476. The van der Waals surface area contributed by atoms with Crippen molar-refractivity contribution in [1.82, 2.24) is 0 Å². The van der Waals surface area contributed by atoms with Gasteiger partial charge in [-0.3, -0.25) is 4.79 Å². The van der Waals surface area contributed by atoms with E-state index in [2.05, 4.69) is 38.1 Å². The normalized spacial score (nSPS) is 26.1. The number of carbonyl (C=O) groups excluding carboxylic acids is 1. The van der Waals surface area contributed by atoms with E-state index in [0.717, 1.165) is 38.5 Å². The molecule has 0 amide bonds. The summed E-state index contributed by atoms with van der Waals surface area (Å²) in [6.45, 7) is 4.49. The van der Waals surface area contributed by atoms with E-state index in [1.54, 1.807) is 5.57 Å². The highest BCUT2D eigenvalue weighted by Gasteiger charge is 2.45. The maximum Gasteiger partial charge on any atom is 0.134 e. The molecular weight excluding hydrogens is 232 g/mol. The van der Waals surface area contributed by atoms with Gasteiger partial charge in [-0.15, -0.1) is 0 Å². The second-order valence-electron chi connectivity index (χ2n) is 5.86. The standard InChI is InChI=1S/C18H22O/c1-3-14-15-9-5-6-10-17(15)18(16(14)4-2)11-7-8-13(19)12-18/h5-6,9-10H,3-4,7-8,11-12H2,1-2H3/t18-/m1/s1. The largest absolute Gasteiger partial charge is 0.300 e. The second kappa shape index (κ2) is 4.63. The molecule has 0 N–H and O–H groups in total. The molecule has 0 aliphatic heterocycles. The molecule has 0 heterocycles. The molecule has 19 heavy (non-hydrogen) atoms. The average molecular weight is 254 g/mol. The molecule has 100 valence electrons. The van der Waals surface area contributed by atoms with Crippen molar-refractivity contribution in [2.45, 2.75) is 57.8 Å². The van der Waals surface area contributed by atoms with Crippen molar-refractivity contribution in [3.05, 3.63) is 41.0 Å². The third kappa shape index (κ3) is 1.71. The Kier molecular flexibility index (Phi) is 3.08. The molecule has 1 spiro atoms. The number of allylic oxidation sites excluding steroid dienone is 2. The molecule has 1 atom stereocenters. The summed E-state index contributed by atoms with van der Waals surface area (Å²) in [7, 11) is 0. The summed E-state index contributed by atoms with van der Waals surface area (Å²) in [4.78, 5) is 12.1. The monoisotopic (exact) mass is 254 g/mol. The van der Waals surface area contributed by atoms with Gasteiger partial charge in [0.25, 0.3) is 0 Å². The molecular formula is C18H22O. The van der Waals surface area contributed by atoms with Gasteiger partial charge >= 0.3 is 0 Å². The maximum absolute atomic E-state index is 12.1. The zero-order valence-corrected chi connectivity index (χ0v) is 12.0. The number of benzene rings is 1. The summed E-state index contributed by atoms with van der Waals surface area (Å²) in [5, 5.41) is 0. The lowest BCUT2D eigenvalue weighted by atomic mass is 9.66. The molecule has 0 bridgehead atoms. The Labute approximate surface area is 115 Å². The number of Topliss-reactive ketones (excluding diaryl/α,β-unsaturated/α-hetero) is 1. The molecule has 1 nitrogen and oxygen atoms in total. The van der Waals surface area contributed by atoms with E-state index >= 15 is 0 Å². The first-order valence-electron chi connectivity index (χ1n) is 7.57. The average Bonchev–Trinajstić information content (AvgIpc) is 2.68. The van der Waals surface area contributed by atoms with Gasteiger partial charge in [0.2, 0.25) is 0 Å². The first-order chi connectivity index (χ1) is 9.23. The highest BCUT2D eigenvalue weighted by atomic mass is 16.1. The van der Waals surface area contributed by atoms with Gasteiger partial charge < -0.3 is 0 Å². The molecule has 0 unspecified atom stereocenters. The number of hydrogen-bond donors (Lipinski definition) is 0. The Morgan fingerprint density at radius 3 is 2.63 bits per heavy atom. The number of carbonyl (C=O) groups is 1. The van der Waals surface area contributed by atoms with E-state index in [0.29, 0.717) is 5.78 Å². The lowest BCUT2D eigenvalue weighted by molar-refractivity contribution is -0.121. The third-order valence-electron chi connectivity index (χ3n) is 4.97. The third-order valence-corrected chi connectivity index (χ3v) is 4.97. The molecule has 1 saturated carbocycles. The number of rotatable bonds is 2. The van der Waals surface area contributed by atoms with Crippen molar-refractivity contribution < 1.29 is 4.79 Å². The highest BCUT2D eigenvalue weighted by molar-refractivity contribution is 5.87. The van der Waals surface area contributed by atoms with Crippen molar-refractivity contribution >= 4 is 11.4 Å². The zero-order valence-electron chi connectivity index (χ0n) is 12.0. The van der Waals surface area contributed by atoms with Crippen LogP contribution in [0.4, 0.5) is 0 Å². The Balaban J connectivity index is 2.22. The van der Waals surface area contributed by atoms with E-state index in [9.17, 15) is 4.79 Å². The Hall–Kier alpha value is -1.37. The van der Waals surface area contributed by atoms with E-state index in [1.165, 1.54) is 16.7 Å². The van der Waals surface area contributed by atoms with Gasteiger partial charge in [-0.05, 0) is 42.4 Å². The molecule has 0 saturated heterocycles. The van der Waals surface area contributed by atoms with Gasteiger partial charge in [0.1, 0.15) is 5.78 Å². The summed E-state index contributed by atoms with van der Waals surface area (Å²) in [5.74, 6) is 0.448. The van der Waals surface area contributed by atoms with Crippen molar-refractivity contribution in [3.8, 4) is 0 Å². The van der Waals surface area contributed by atoms with Crippen LogP contribution in [0.5, 0.6) is 0 Å². The van der Waals surface area contributed by atoms with Crippen molar-refractivity contribution in [3.63, 3.8) is 0 Å². The predicted molar refractivity (Wildman–Crippen MR) is 79.1 cm³/mol. The number of fused-ring (bicyclic) bond motifs is 2. The van der Waals surface area contributed by atoms with Crippen LogP contribution in [-0.2, 0) is 10.2 Å². The van der Waals surface area contributed by atoms with Gasteiger partial charge in [0.05, 0.1) is 0 Å². The van der Waals surface area contributed by atoms with Crippen LogP contribution >= 0.6 is 0 Å². The first-order valence-corrected chi connectivity index (χ1v) is 7.57. The van der Waals surface area contributed by atoms with E-state index in [4.69, 9.17) is 0 Å². The minimum Gasteiger partial charge on any atom is -0.300 e. The molecule has 2 aliphatic carbocycles. The lowest BCUT2D eigenvalue weighted by Gasteiger charge is -2.36. The highest BCUT2D eigenvalue weighted by Crippen LogP contribution is 2.54. The topological polar surface area (TPSA) is 17.1 Å². The number of ketones is 1. The van der Waals surface area contributed by atoms with Crippen LogP contribution < -0.4 is 0 Å². The smallest absolute Gasteiger partial charge is 0.134 e. The van der Waals surface area contributed by atoms with Gasteiger partial charge in [-0.2, -0.15) is 0 Å². The summed E-state index contributed by atoms with van der Waals surface area (Å²) >= 11 is 0. The van der Waals surface area contributed by atoms with Gasteiger partial charge in [0, 0.05) is 18.3 Å². The molecule has 2 aliphatic rings. The van der Waals surface area contributed by atoms with Crippen LogP contribution in [0.2, 0.25) is 0 Å². The van der Waals surface area contributed by atoms with Crippen molar-refractivity contribution in [1.29, 1.82) is 0 Å². The van der Waals surface area contributed by atoms with Crippen molar-refractivity contribution in [2.75, 3.05) is 0 Å². The SMILES string of the molecule is CCC1=C(CC)[C@]2(CCCC(=O)C2)c2ccccc21. The Morgan fingerprint density at radius 1 is 1.16 bits per heavy atom. The van der Waals surface area contributed by atoms with Crippen LogP contribution in [0.1, 0.15) is 63.5 Å². The summed E-state index contributed by atoms with van der Waals surface area (Å²) in [5.41, 5.74) is 5.94. The Morgan fingerprint density at radius 2 is 1.95 bits per heavy atom. The fourth-order valence-corrected chi connectivity index (χ4v) is 4.32. The molecule has 3 rings (SSSR count). The van der Waals surface area contributed by atoms with Crippen LogP contribution in [0.3, 0.4) is 0 Å². The lowest BCUT2D eigenvalue weighted by Crippen LogP contribution is -2.33. The van der Waals surface area contributed by atoms with Crippen LogP contribution in [-0.4, -0.2) is 5.78 Å². The van der Waals surface area contributed by atoms with Gasteiger partial charge in [-0.1, -0.05) is 43.7 Å². The Bertz CT molecular complexity index is 553. The molecule has 1 aromatic carbocycles. The summed E-state index contributed by atoms with van der Waals surface area (Å²) < 4.78 is 0. The van der Waals surface area contributed by atoms with E-state index in [1.807, 2.05) is 0 Å². The maximum atomic E-state index is 12.1. The second-order valence-corrected chi connectivity index (χ2v) is 5.86. The van der Waals surface area contributed by atoms with E-state index in [-0.39, 0.29) is 5.41 Å². The fraction of sp³-hybridized carbons (Fsp3) is 0.500. The predicted octanol–water partition coefficient (Wildman–Crippen LogP) is 4.65. The van der Waals surface area contributed by atoms with Gasteiger partial charge in [0.15, 0.2) is 0 Å². The van der Waals surface area contributed by atoms with Crippen LogP contribution in [0, 0.1) is 0 Å². The minimum absolute atomic E-state index is 0.0476.